The maximum atomic E-state index is 10.9. The Hall–Kier alpha value is -2.55. The Morgan fingerprint density at radius 3 is 2.50 bits per heavy atom. The van der Waals surface area contributed by atoms with Crippen molar-refractivity contribution in [2.24, 2.45) is 10.5 Å². The van der Waals surface area contributed by atoms with Gasteiger partial charge < -0.3 is 5.11 Å². The Labute approximate surface area is 114 Å². The fourth-order valence-electron chi connectivity index (χ4n) is 1.20. The van der Waals surface area contributed by atoms with E-state index in [9.17, 15) is 20.2 Å². The highest BCUT2D eigenvalue weighted by atomic mass is 16.6. The zero-order chi connectivity index (χ0) is 15.3. The first-order valence-corrected chi connectivity index (χ1v) is 5.61. The molecule has 2 N–H and O–H groups in total. The van der Waals surface area contributed by atoms with E-state index in [4.69, 9.17) is 5.11 Å². The first kappa shape index (κ1) is 15.5. The number of hydrogen-bond donors (Lipinski definition) is 2. The van der Waals surface area contributed by atoms with Crippen molar-refractivity contribution in [3.05, 3.63) is 38.4 Å². The van der Waals surface area contributed by atoms with Crippen LogP contribution in [-0.2, 0) is 0 Å². The summed E-state index contributed by atoms with van der Waals surface area (Å²) in [6.45, 7) is 3.31. The number of non-ortho nitro benzene ring substituents is 1. The molecule has 1 aromatic carbocycles. The van der Waals surface area contributed by atoms with Crippen LogP contribution >= 0.6 is 0 Å². The third-order valence-corrected chi connectivity index (χ3v) is 2.40. The van der Waals surface area contributed by atoms with Crippen LogP contribution < -0.4 is 5.43 Å². The van der Waals surface area contributed by atoms with Crippen LogP contribution in [0.2, 0.25) is 0 Å². The van der Waals surface area contributed by atoms with Crippen LogP contribution in [0.1, 0.15) is 13.8 Å². The molecule has 0 atom stereocenters. The molecule has 9 heteroatoms. The van der Waals surface area contributed by atoms with E-state index in [1.165, 1.54) is 12.3 Å². The average molecular weight is 282 g/mol. The third kappa shape index (κ3) is 3.99. The van der Waals surface area contributed by atoms with Crippen LogP contribution in [0, 0.1) is 25.6 Å². The van der Waals surface area contributed by atoms with E-state index in [2.05, 4.69) is 10.5 Å². The second-order valence-corrected chi connectivity index (χ2v) is 4.73. The van der Waals surface area contributed by atoms with Gasteiger partial charge in [-0.3, -0.25) is 25.7 Å². The summed E-state index contributed by atoms with van der Waals surface area (Å²) in [4.78, 5) is 20.0. The van der Waals surface area contributed by atoms with Crippen LogP contribution in [0.25, 0.3) is 0 Å². The number of nitro groups is 2. The highest BCUT2D eigenvalue weighted by Gasteiger charge is 2.19. The Bertz CT molecular complexity index is 556. The normalized spacial score (nSPS) is 11.6. The van der Waals surface area contributed by atoms with Crippen LogP contribution in [0.4, 0.5) is 17.1 Å². The van der Waals surface area contributed by atoms with Gasteiger partial charge in [0.05, 0.1) is 22.5 Å². The molecule has 0 bridgehead atoms. The summed E-state index contributed by atoms with van der Waals surface area (Å²) in [6, 6.07) is 3.20. The minimum atomic E-state index is -0.734. The Balaban J connectivity index is 3.01. The Morgan fingerprint density at radius 2 is 2.00 bits per heavy atom. The van der Waals surface area contributed by atoms with Gasteiger partial charge >= 0.3 is 5.69 Å². The van der Waals surface area contributed by atoms with Gasteiger partial charge in [-0.05, 0) is 6.07 Å². The molecule has 0 aromatic heterocycles. The summed E-state index contributed by atoms with van der Waals surface area (Å²) >= 11 is 0. The summed E-state index contributed by atoms with van der Waals surface area (Å²) in [6.07, 6.45) is 1.40. The molecule has 108 valence electrons. The van der Waals surface area contributed by atoms with Gasteiger partial charge in [-0.15, -0.1) is 0 Å². The van der Waals surface area contributed by atoms with Crippen molar-refractivity contribution in [2.75, 3.05) is 12.0 Å². The van der Waals surface area contributed by atoms with Crippen molar-refractivity contribution in [1.29, 1.82) is 0 Å². The summed E-state index contributed by atoms with van der Waals surface area (Å²) < 4.78 is 0. The average Bonchev–Trinajstić information content (AvgIpc) is 2.38. The number of nitro benzene ring substituents is 2. The third-order valence-electron chi connectivity index (χ3n) is 2.40. The fourth-order valence-corrected chi connectivity index (χ4v) is 1.20. The van der Waals surface area contributed by atoms with Crippen LogP contribution in [0.15, 0.2) is 23.3 Å². The number of rotatable bonds is 6. The van der Waals surface area contributed by atoms with E-state index in [1.807, 2.05) is 0 Å². The Morgan fingerprint density at radius 1 is 1.35 bits per heavy atom. The maximum Gasteiger partial charge on any atom is 0.301 e. The Kier molecular flexibility index (Phi) is 4.70. The van der Waals surface area contributed by atoms with E-state index < -0.39 is 20.9 Å². The largest absolute Gasteiger partial charge is 0.395 e. The van der Waals surface area contributed by atoms with Gasteiger partial charge in [0.1, 0.15) is 5.69 Å². The molecule has 0 unspecified atom stereocenters. The molecule has 0 aliphatic carbocycles. The maximum absolute atomic E-state index is 10.9. The summed E-state index contributed by atoms with van der Waals surface area (Å²) in [7, 11) is 0. The highest BCUT2D eigenvalue weighted by Crippen LogP contribution is 2.28. The number of hydrazone groups is 1. The second-order valence-electron chi connectivity index (χ2n) is 4.73. The number of benzene rings is 1. The van der Waals surface area contributed by atoms with E-state index in [0.717, 1.165) is 12.1 Å². The molecule has 0 aliphatic heterocycles. The van der Waals surface area contributed by atoms with E-state index in [1.54, 1.807) is 13.8 Å². The molecule has 0 saturated carbocycles. The number of nitrogens with zero attached hydrogens (tertiary/aromatic N) is 3. The van der Waals surface area contributed by atoms with Crippen molar-refractivity contribution < 1.29 is 15.0 Å². The summed E-state index contributed by atoms with van der Waals surface area (Å²) in [5.41, 5.74) is 1.08. The second kappa shape index (κ2) is 6.06. The number of hydrogen-bond acceptors (Lipinski definition) is 7. The van der Waals surface area contributed by atoms with Crippen molar-refractivity contribution >= 4 is 23.3 Å². The zero-order valence-electron chi connectivity index (χ0n) is 10.9. The molecule has 0 radical (unpaired) electrons. The summed E-state index contributed by atoms with van der Waals surface area (Å²) in [5, 5.41) is 34.3. The van der Waals surface area contributed by atoms with E-state index in [-0.39, 0.29) is 18.0 Å². The van der Waals surface area contributed by atoms with Gasteiger partial charge in [-0.2, -0.15) is 5.10 Å². The standard InChI is InChI=1S/C11H14N4O5/c1-11(2,7-16)6-12-13-9-4-3-8(14(17)18)5-10(9)15(19)20/h3-6,13,16H,7H2,1-2H3. The predicted molar refractivity (Wildman–Crippen MR) is 72.7 cm³/mol. The lowest BCUT2D eigenvalue weighted by Gasteiger charge is -2.14. The van der Waals surface area contributed by atoms with Crippen LogP contribution in [-0.4, -0.2) is 27.8 Å². The SMILES string of the molecule is CC(C)(C=NNc1ccc([N+](=O)[O-])cc1[N+](=O)[O-])CO. The van der Waals surface area contributed by atoms with Crippen molar-refractivity contribution in [3.63, 3.8) is 0 Å². The zero-order valence-corrected chi connectivity index (χ0v) is 10.9. The molecule has 0 heterocycles. The van der Waals surface area contributed by atoms with Crippen molar-refractivity contribution in [1.82, 2.24) is 0 Å². The van der Waals surface area contributed by atoms with E-state index in [0.29, 0.717) is 0 Å². The van der Waals surface area contributed by atoms with Crippen molar-refractivity contribution in [3.8, 4) is 0 Å². The number of nitrogens with one attached hydrogen (secondary N) is 1. The van der Waals surface area contributed by atoms with Gasteiger partial charge in [-0.25, -0.2) is 0 Å². The molecule has 0 amide bonds. The van der Waals surface area contributed by atoms with Gasteiger partial charge in [-0.1, -0.05) is 13.8 Å². The topological polar surface area (TPSA) is 131 Å². The monoisotopic (exact) mass is 282 g/mol. The van der Waals surface area contributed by atoms with E-state index >= 15 is 0 Å². The molecule has 1 aromatic rings. The molecular weight excluding hydrogens is 268 g/mol. The number of aliphatic hydroxyl groups excluding tert-OH is 1. The fraction of sp³-hybridized carbons (Fsp3) is 0.364. The highest BCUT2D eigenvalue weighted by molar-refractivity contribution is 5.69. The molecule has 0 fully saturated rings. The first-order valence-electron chi connectivity index (χ1n) is 5.61. The molecular formula is C11H14N4O5. The number of aliphatic hydroxyl groups is 1. The minimum absolute atomic E-state index is 0.0330. The van der Waals surface area contributed by atoms with Gasteiger partial charge in [0.15, 0.2) is 0 Å². The molecule has 20 heavy (non-hydrogen) atoms. The van der Waals surface area contributed by atoms with Crippen LogP contribution in [0.3, 0.4) is 0 Å². The van der Waals surface area contributed by atoms with Crippen LogP contribution in [0.5, 0.6) is 0 Å². The van der Waals surface area contributed by atoms with Gasteiger partial charge in [0.2, 0.25) is 0 Å². The molecule has 0 saturated heterocycles. The van der Waals surface area contributed by atoms with Gasteiger partial charge in [0, 0.05) is 17.7 Å². The quantitative estimate of drug-likeness (QED) is 0.465. The lowest BCUT2D eigenvalue weighted by molar-refractivity contribution is -0.393. The molecule has 1 rings (SSSR count). The minimum Gasteiger partial charge on any atom is -0.395 e. The lowest BCUT2D eigenvalue weighted by Crippen LogP contribution is -2.18. The summed E-state index contributed by atoms with van der Waals surface area (Å²) in [5.74, 6) is 0. The smallest absolute Gasteiger partial charge is 0.301 e. The number of anilines is 1. The van der Waals surface area contributed by atoms with Crippen molar-refractivity contribution in [2.45, 2.75) is 13.8 Å². The molecule has 0 aliphatic rings. The van der Waals surface area contributed by atoms with Gasteiger partial charge in [0.25, 0.3) is 5.69 Å². The lowest BCUT2D eigenvalue weighted by atomic mass is 9.97. The predicted octanol–water partition coefficient (Wildman–Crippen LogP) is 1.92. The molecule has 0 spiro atoms. The first-order chi connectivity index (χ1) is 9.26. The molecule has 9 nitrogen and oxygen atoms in total.